The monoisotopic (exact) mass is 258 g/mol. The van der Waals surface area contributed by atoms with E-state index in [1.54, 1.807) is 12.1 Å². The molecule has 1 rings (SSSR count). The summed E-state index contributed by atoms with van der Waals surface area (Å²) in [6.45, 7) is 2.42. The first-order valence-electron chi connectivity index (χ1n) is 5.47. The lowest BCUT2D eigenvalue weighted by atomic mass is 10.1. The Hall–Kier alpha value is -0.970. The number of phenols is 1. The van der Waals surface area contributed by atoms with Gasteiger partial charge in [-0.15, -0.1) is 0 Å². The van der Waals surface area contributed by atoms with Crippen molar-refractivity contribution in [1.82, 2.24) is 10.2 Å². The number of likely N-dealkylation sites (N-methyl/N-ethyl adjacent to an activating group) is 2. The minimum atomic E-state index is 0.160. The quantitative estimate of drug-likeness (QED) is 0.815. The molecule has 0 aliphatic carbocycles. The summed E-state index contributed by atoms with van der Waals surface area (Å²) in [5.41, 5.74) is 0.771. The van der Waals surface area contributed by atoms with Crippen molar-refractivity contribution in [3.8, 4) is 11.5 Å². The second kappa shape index (κ2) is 6.69. The van der Waals surface area contributed by atoms with Crippen molar-refractivity contribution in [2.75, 3.05) is 34.3 Å². The van der Waals surface area contributed by atoms with E-state index in [2.05, 4.69) is 10.2 Å². The van der Waals surface area contributed by atoms with Crippen molar-refractivity contribution in [2.24, 2.45) is 0 Å². The maximum atomic E-state index is 9.96. The highest BCUT2D eigenvalue weighted by Crippen LogP contribution is 2.33. The Kier molecular flexibility index (Phi) is 5.55. The third-order valence-electron chi connectivity index (χ3n) is 2.52. The maximum absolute atomic E-state index is 9.96. The van der Waals surface area contributed by atoms with E-state index in [4.69, 9.17) is 16.3 Å². The number of nitrogens with one attached hydrogen (secondary N) is 1. The van der Waals surface area contributed by atoms with Crippen LogP contribution in [0.3, 0.4) is 0 Å². The van der Waals surface area contributed by atoms with Gasteiger partial charge in [0.2, 0.25) is 0 Å². The van der Waals surface area contributed by atoms with Crippen LogP contribution < -0.4 is 10.1 Å². The number of rotatable bonds is 6. The lowest BCUT2D eigenvalue weighted by Crippen LogP contribution is -2.27. The van der Waals surface area contributed by atoms with E-state index < -0.39 is 0 Å². The van der Waals surface area contributed by atoms with Crippen LogP contribution in [0.1, 0.15) is 5.56 Å². The van der Waals surface area contributed by atoms with Gasteiger partial charge >= 0.3 is 0 Å². The third-order valence-corrected chi connectivity index (χ3v) is 2.74. The Bertz CT molecular complexity index is 372. The van der Waals surface area contributed by atoms with Gasteiger partial charge in [0, 0.05) is 36.3 Å². The maximum Gasteiger partial charge on any atom is 0.162 e. The molecular formula is C12H19ClN2O2. The molecule has 0 fully saturated rings. The second-order valence-electron chi connectivity index (χ2n) is 3.96. The standard InChI is InChI=1S/C12H19ClN2O2/c1-14-4-5-15(2)8-9-6-10(13)7-11(17-3)12(9)16/h6-7,14,16H,4-5,8H2,1-3H3. The van der Waals surface area contributed by atoms with Crippen molar-refractivity contribution >= 4 is 11.6 Å². The minimum Gasteiger partial charge on any atom is -0.504 e. The molecule has 0 radical (unpaired) electrons. The van der Waals surface area contributed by atoms with Gasteiger partial charge in [-0.1, -0.05) is 11.6 Å². The van der Waals surface area contributed by atoms with E-state index in [-0.39, 0.29) is 5.75 Å². The van der Waals surface area contributed by atoms with E-state index in [1.807, 2.05) is 14.1 Å². The summed E-state index contributed by atoms with van der Waals surface area (Å²) < 4.78 is 5.06. The number of nitrogens with zero attached hydrogens (tertiary/aromatic N) is 1. The lowest BCUT2D eigenvalue weighted by molar-refractivity contribution is 0.316. The van der Waals surface area contributed by atoms with Crippen LogP contribution in [0, 0.1) is 0 Å². The van der Waals surface area contributed by atoms with Crippen LogP contribution >= 0.6 is 11.6 Å². The SMILES string of the molecule is CNCCN(C)Cc1cc(Cl)cc(OC)c1O. The molecule has 0 unspecified atom stereocenters. The number of halogens is 1. The summed E-state index contributed by atoms with van der Waals surface area (Å²) >= 11 is 5.97. The van der Waals surface area contributed by atoms with Crippen LogP contribution in [-0.4, -0.2) is 44.3 Å². The summed E-state index contributed by atoms with van der Waals surface area (Å²) in [6, 6.07) is 3.36. The van der Waals surface area contributed by atoms with E-state index in [9.17, 15) is 5.11 Å². The Morgan fingerprint density at radius 2 is 2.18 bits per heavy atom. The molecule has 0 bridgehead atoms. The highest BCUT2D eigenvalue weighted by molar-refractivity contribution is 6.30. The first kappa shape index (κ1) is 14.1. The fourth-order valence-electron chi connectivity index (χ4n) is 1.58. The largest absolute Gasteiger partial charge is 0.504 e. The van der Waals surface area contributed by atoms with Gasteiger partial charge in [0.1, 0.15) is 0 Å². The summed E-state index contributed by atoms with van der Waals surface area (Å²) in [5.74, 6) is 0.572. The number of benzene rings is 1. The molecule has 0 spiro atoms. The van der Waals surface area contributed by atoms with Gasteiger partial charge in [0.05, 0.1) is 7.11 Å². The first-order valence-corrected chi connectivity index (χ1v) is 5.84. The molecule has 0 amide bonds. The number of hydrogen-bond acceptors (Lipinski definition) is 4. The predicted molar refractivity (Wildman–Crippen MR) is 69.9 cm³/mol. The van der Waals surface area contributed by atoms with Crippen molar-refractivity contribution in [3.05, 3.63) is 22.7 Å². The molecule has 0 aromatic heterocycles. The summed E-state index contributed by atoms with van der Waals surface area (Å²) in [4.78, 5) is 2.10. The van der Waals surface area contributed by atoms with E-state index in [1.165, 1.54) is 7.11 Å². The fraction of sp³-hybridized carbons (Fsp3) is 0.500. The number of ether oxygens (including phenoxy) is 1. The van der Waals surface area contributed by atoms with E-state index in [0.717, 1.165) is 18.7 Å². The number of hydrogen-bond donors (Lipinski definition) is 2. The lowest BCUT2D eigenvalue weighted by Gasteiger charge is -2.18. The molecule has 1 aromatic carbocycles. The highest BCUT2D eigenvalue weighted by Gasteiger charge is 2.11. The number of phenolic OH excluding ortho intramolecular Hbond substituents is 1. The predicted octanol–water partition coefficient (Wildman–Crippen LogP) is 1.71. The summed E-state index contributed by atoms with van der Waals surface area (Å²) in [5, 5.41) is 13.6. The zero-order chi connectivity index (χ0) is 12.8. The molecule has 17 heavy (non-hydrogen) atoms. The topological polar surface area (TPSA) is 44.7 Å². The highest BCUT2D eigenvalue weighted by atomic mass is 35.5. The molecule has 0 atom stereocenters. The fourth-order valence-corrected chi connectivity index (χ4v) is 1.81. The average Bonchev–Trinajstić information content (AvgIpc) is 2.30. The van der Waals surface area contributed by atoms with Crippen molar-refractivity contribution in [1.29, 1.82) is 0 Å². The zero-order valence-corrected chi connectivity index (χ0v) is 11.2. The zero-order valence-electron chi connectivity index (χ0n) is 10.5. The molecule has 2 N–H and O–H groups in total. The van der Waals surface area contributed by atoms with Crippen LogP contribution in [0.25, 0.3) is 0 Å². The van der Waals surface area contributed by atoms with Gasteiger partial charge in [0.15, 0.2) is 11.5 Å². The molecule has 96 valence electrons. The van der Waals surface area contributed by atoms with E-state index in [0.29, 0.717) is 17.3 Å². The van der Waals surface area contributed by atoms with Gasteiger partial charge in [-0.2, -0.15) is 0 Å². The van der Waals surface area contributed by atoms with Gasteiger partial charge in [-0.05, 0) is 20.2 Å². The van der Waals surface area contributed by atoms with Crippen molar-refractivity contribution in [2.45, 2.75) is 6.54 Å². The van der Waals surface area contributed by atoms with Crippen LogP contribution in [0.15, 0.2) is 12.1 Å². The third kappa shape index (κ3) is 4.07. The molecule has 0 saturated carbocycles. The first-order chi connectivity index (χ1) is 8.08. The van der Waals surface area contributed by atoms with Crippen LogP contribution in [0.4, 0.5) is 0 Å². The molecule has 1 aromatic rings. The Morgan fingerprint density at radius 1 is 1.47 bits per heavy atom. The van der Waals surface area contributed by atoms with Crippen molar-refractivity contribution < 1.29 is 9.84 Å². The van der Waals surface area contributed by atoms with Gasteiger partial charge in [-0.25, -0.2) is 0 Å². The molecule has 5 heteroatoms. The van der Waals surface area contributed by atoms with Crippen molar-refractivity contribution in [3.63, 3.8) is 0 Å². The molecule has 0 saturated heterocycles. The minimum absolute atomic E-state index is 0.160. The summed E-state index contributed by atoms with van der Waals surface area (Å²) in [6.07, 6.45) is 0. The van der Waals surface area contributed by atoms with Crippen LogP contribution in [0.2, 0.25) is 5.02 Å². The van der Waals surface area contributed by atoms with Crippen LogP contribution in [-0.2, 0) is 6.54 Å². The average molecular weight is 259 g/mol. The molecule has 0 heterocycles. The van der Waals surface area contributed by atoms with Gasteiger partial charge in [0.25, 0.3) is 0 Å². The Labute approximate surface area is 107 Å². The normalized spacial score (nSPS) is 10.9. The number of methoxy groups -OCH3 is 1. The van der Waals surface area contributed by atoms with Crippen LogP contribution in [0.5, 0.6) is 11.5 Å². The van der Waals surface area contributed by atoms with Gasteiger partial charge < -0.3 is 20.1 Å². The molecular weight excluding hydrogens is 240 g/mol. The smallest absolute Gasteiger partial charge is 0.162 e. The summed E-state index contributed by atoms with van der Waals surface area (Å²) in [7, 11) is 5.41. The van der Waals surface area contributed by atoms with Gasteiger partial charge in [-0.3, -0.25) is 0 Å². The second-order valence-corrected chi connectivity index (χ2v) is 4.39. The molecule has 4 nitrogen and oxygen atoms in total. The Balaban J connectivity index is 2.79. The van der Waals surface area contributed by atoms with E-state index >= 15 is 0 Å². The Morgan fingerprint density at radius 3 is 2.76 bits per heavy atom. The number of aromatic hydroxyl groups is 1. The molecule has 0 aliphatic heterocycles. The molecule has 0 aliphatic rings.